The van der Waals surface area contributed by atoms with E-state index < -0.39 is 10.0 Å². The van der Waals surface area contributed by atoms with Crippen molar-refractivity contribution in [1.29, 1.82) is 0 Å². The second-order valence-electron chi connectivity index (χ2n) is 7.42. The highest BCUT2D eigenvalue weighted by molar-refractivity contribution is 7.89. The lowest BCUT2D eigenvalue weighted by Crippen LogP contribution is -2.42. The fraction of sp³-hybridized carbons (Fsp3) is 0.450. The van der Waals surface area contributed by atoms with Gasteiger partial charge in [0.15, 0.2) is 0 Å². The van der Waals surface area contributed by atoms with Gasteiger partial charge in [-0.1, -0.05) is 6.07 Å². The summed E-state index contributed by atoms with van der Waals surface area (Å²) in [5, 5.41) is 2.88. The monoisotopic (exact) mass is 404 g/mol. The van der Waals surface area contributed by atoms with Crippen molar-refractivity contribution in [3.8, 4) is 0 Å². The molecule has 28 heavy (non-hydrogen) atoms. The molecular weight excluding hydrogens is 376 g/mol. The number of aryl methyl sites for hydroxylation is 1. The lowest BCUT2D eigenvalue weighted by atomic mass is 10.1. The van der Waals surface area contributed by atoms with Crippen molar-refractivity contribution in [3.05, 3.63) is 48.3 Å². The minimum absolute atomic E-state index is 0.138. The average molecular weight is 405 g/mol. The molecule has 0 bridgehead atoms. The van der Waals surface area contributed by atoms with E-state index in [2.05, 4.69) is 20.9 Å². The zero-order valence-electron chi connectivity index (χ0n) is 16.8. The van der Waals surface area contributed by atoms with E-state index >= 15 is 0 Å². The molecule has 2 atom stereocenters. The van der Waals surface area contributed by atoms with Gasteiger partial charge >= 0.3 is 0 Å². The highest BCUT2D eigenvalue weighted by Crippen LogP contribution is 2.33. The van der Waals surface area contributed by atoms with Crippen molar-refractivity contribution in [2.24, 2.45) is 7.05 Å². The Morgan fingerprint density at radius 2 is 2.00 bits per heavy atom. The number of anilines is 1. The minimum Gasteiger partial charge on any atom is -0.353 e. The molecule has 1 aromatic heterocycles. The second-order valence-corrected chi connectivity index (χ2v) is 9.57. The van der Waals surface area contributed by atoms with Crippen molar-refractivity contribution in [2.75, 3.05) is 26.0 Å². The van der Waals surface area contributed by atoms with Gasteiger partial charge in [-0.15, -0.1) is 0 Å². The molecule has 0 aliphatic carbocycles. The Kier molecular flexibility index (Phi) is 5.92. The van der Waals surface area contributed by atoms with Crippen molar-refractivity contribution in [1.82, 2.24) is 13.8 Å². The zero-order chi connectivity index (χ0) is 20.5. The first-order valence-electron chi connectivity index (χ1n) is 9.42. The van der Waals surface area contributed by atoms with Gasteiger partial charge in [-0.05, 0) is 56.6 Å². The summed E-state index contributed by atoms with van der Waals surface area (Å²) in [5.74, 6) is -0.138. The van der Waals surface area contributed by atoms with Crippen molar-refractivity contribution in [2.45, 2.75) is 36.7 Å². The number of nitrogens with one attached hydrogen (secondary N) is 1. The Bertz CT molecular complexity index is 952. The Morgan fingerprint density at radius 3 is 2.64 bits per heavy atom. The molecule has 1 aliphatic rings. The molecular formula is C20H28N4O3S. The molecule has 1 N–H and O–H groups in total. The second kappa shape index (κ2) is 8.06. The summed E-state index contributed by atoms with van der Waals surface area (Å²) < 4.78 is 27.9. The minimum atomic E-state index is -3.55. The van der Waals surface area contributed by atoms with Crippen molar-refractivity contribution in [3.63, 3.8) is 0 Å². The topological polar surface area (TPSA) is 74.7 Å². The summed E-state index contributed by atoms with van der Waals surface area (Å²) in [6.07, 6.45) is 4.09. The summed E-state index contributed by atoms with van der Waals surface area (Å²) in [6, 6.07) is 10.4. The summed E-state index contributed by atoms with van der Waals surface area (Å²) in [5.41, 5.74) is 1.69. The van der Waals surface area contributed by atoms with E-state index in [1.807, 2.05) is 26.2 Å². The maximum Gasteiger partial charge on any atom is 0.242 e. The number of hydrogen-bond donors (Lipinski definition) is 1. The van der Waals surface area contributed by atoms with Crippen LogP contribution in [0.3, 0.4) is 0 Å². The van der Waals surface area contributed by atoms with Crippen LogP contribution in [0.2, 0.25) is 0 Å². The van der Waals surface area contributed by atoms with Gasteiger partial charge in [-0.3, -0.25) is 9.69 Å². The molecule has 0 unspecified atom stereocenters. The largest absolute Gasteiger partial charge is 0.353 e. The van der Waals surface area contributed by atoms with Gasteiger partial charge < -0.3 is 9.88 Å². The predicted molar refractivity (Wildman–Crippen MR) is 110 cm³/mol. The normalized spacial score (nSPS) is 19.1. The molecule has 1 saturated heterocycles. The van der Waals surface area contributed by atoms with Crippen LogP contribution in [0.25, 0.3) is 0 Å². The summed E-state index contributed by atoms with van der Waals surface area (Å²) in [4.78, 5) is 15.2. The van der Waals surface area contributed by atoms with Gasteiger partial charge in [0, 0.05) is 38.7 Å². The number of hydrogen-bond acceptors (Lipinski definition) is 4. The summed E-state index contributed by atoms with van der Waals surface area (Å²) >= 11 is 0. The number of nitrogens with zero attached hydrogens (tertiary/aromatic N) is 3. The number of benzene rings is 1. The SMILES string of the molecule is C[C@H](C(=O)Nc1cccc(S(=O)(=O)N(C)C)c1)N1CCC[C@@H]1c1cccn1C. The number of amides is 1. The fourth-order valence-electron chi connectivity index (χ4n) is 3.73. The first kappa shape index (κ1) is 20.6. The number of likely N-dealkylation sites (tertiary alicyclic amines) is 1. The van der Waals surface area contributed by atoms with E-state index in [-0.39, 0.29) is 22.9 Å². The first-order chi connectivity index (χ1) is 13.2. The molecule has 1 amide bonds. The van der Waals surface area contributed by atoms with Crippen LogP contribution in [0.4, 0.5) is 5.69 Å². The van der Waals surface area contributed by atoms with Crippen LogP contribution in [0, 0.1) is 0 Å². The highest BCUT2D eigenvalue weighted by Gasteiger charge is 2.34. The Labute approximate surface area is 167 Å². The van der Waals surface area contributed by atoms with Crippen molar-refractivity contribution < 1.29 is 13.2 Å². The van der Waals surface area contributed by atoms with Crippen LogP contribution in [-0.4, -0.2) is 54.8 Å². The van der Waals surface area contributed by atoms with Gasteiger partial charge in [0.05, 0.1) is 17.0 Å². The fourth-order valence-corrected chi connectivity index (χ4v) is 4.68. The highest BCUT2D eigenvalue weighted by atomic mass is 32.2. The lowest BCUT2D eigenvalue weighted by molar-refractivity contribution is -0.121. The smallest absolute Gasteiger partial charge is 0.242 e. The zero-order valence-corrected chi connectivity index (χ0v) is 17.6. The van der Waals surface area contributed by atoms with E-state index in [9.17, 15) is 13.2 Å². The van der Waals surface area contributed by atoms with E-state index in [1.54, 1.807) is 12.1 Å². The van der Waals surface area contributed by atoms with Crippen molar-refractivity contribution >= 4 is 21.6 Å². The first-order valence-corrected chi connectivity index (χ1v) is 10.9. The molecule has 0 spiro atoms. The standard InChI is InChI=1S/C20H28N4O3S/c1-15(24-13-7-11-19(24)18-10-6-12-23(18)4)20(25)21-16-8-5-9-17(14-16)28(26,27)22(2)3/h5-6,8-10,12,14-15,19H,7,11,13H2,1-4H3,(H,21,25)/t15-,19-/m1/s1. The lowest BCUT2D eigenvalue weighted by Gasteiger charge is -2.30. The maximum absolute atomic E-state index is 12.9. The van der Waals surface area contributed by atoms with E-state index in [4.69, 9.17) is 0 Å². The number of carbonyl (C=O) groups excluding carboxylic acids is 1. The summed E-state index contributed by atoms with van der Waals surface area (Å²) in [7, 11) is 1.45. The molecule has 0 radical (unpaired) electrons. The number of sulfonamides is 1. The quantitative estimate of drug-likeness (QED) is 0.803. The Hall–Kier alpha value is -2.16. The number of aromatic nitrogens is 1. The molecule has 8 heteroatoms. The van der Waals surface area contributed by atoms with Crippen LogP contribution in [0.1, 0.15) is 31.5 Å². The molecule has 1 aromatic carbocycles. The van der Waals surface area contributed by atoms with Crippen LogP contribution in [-0.2, 0) is 21.9 Å². The number of rotatable bonds is 6. The molecule has 2 heterocycles. The van der Waals surface area contributed by atoms with Crippen LogP contribution < -0.4 is 5.32 Å². The molecule has 1 fully saturated rings. The third kappa shape index (κ3) is 3.99. The molecule has 1 aliphatic heterocycles. The van der Waals surface area contributed by atoms with Crippen LogP contribution in [0.15, 0.2) is 47.5 Å². The molecule has 3 rings (SSSR count). The Balaban J connectivity index is 1.75. The van der Waals surface area contributed by atoms with E-state index in [1.165, 1.54) is 31.9 Å². The van der Waals surface area contributed by atoms with Crippen LogP contribution in [0.5, 0.6) is 0 Å². The predicted octanol–water partition coefficient (Wildman–Crippen LogP) is 2.44. The van der Waals surface area contributed by atoms with Gasteiger partial charge in [0.25, 0.3) is 0 Å². The molecule has 7 nitrogen and oxygen atoms in total. The molecule has 152 valence electrons. The maximum atomic E-state index is 12.9. The number of carbonyl (C=O) groups is 1. The van der Waals surface area contributed by atoms with E-state index in [0.29, 0.717) is 5.69 Å². The Morgan fingerprint density at radius 1 is 1.25 bits per heavy atom. The van der Waals surface area contributed by atoms with Gasteiger partial charge in [-0.25, -0.2) is 12.7 Å². The summed E-state index contributed by atoms with van der Waals surface area (Å²) in [6.45, 7) is 2.76. The molecule has 0 saturated carbocycles. The third-order valence-corrected chi connectivity index (χ3v) is 7.19. The van der Waals surface area contributed by atoms with Gasteiger partial charge in [-0.2, -0.15) is 0 Å². The third-order valence-electron chi connectivity index (χ3n) is 5.38. The molecule has 2 aromatic rings. The van der Waals surface area contributed by atoms with E-state index in [0.717, 1.165) is 23.7 Å². The van der Waals surface area contributed by atoms with Gasteiger partial charge in [0.1, 0.15) is 0 Å². The van der Waals surface area contributed by atoms with Gasteiger partial charge in [0.2, 0.25) is 15.9 Å². The van der Waals surface area contributed by atoms with Crippen LogP contribution >= 0.6 is 0 Å². The average Bonchev–Trinajstić information content (AvgIpc) is 3.29.